The van der Waals surface area contributed by atoms with Gasteiger partial charge in [-0.15, -0.1) is 0 Å². The van der Waals surface area contributed by atoms with Crippen molar-refractivity contribution in [1.82, 2.24) is 5.32 Å². The van der Waals surface area contributed by atoms with E-state index >= 15 is 0 Å². The molecule has 2 rings (SSSR count). The van der Waals surface area contributed by atoms with Crippen LogP contribution >= 0.6 is 15.9 Å². The number of amides is 1. The molecule has 0 spiro atoms. The summed E-state index contributed by atoms with van der Waals surface area (Å²) in [6.07, 6.45) is -3.65. The van der Waals surface area contributed by atoms with Gasteiger partial charge in [-0.2, -0.15) is 13.2 Å². The summed E-state index contributed by atoms with van der Waals surface area (Å²) >= 11 is 3.34. The van der Waals surface area contributed by atoms with Gasteiger partial charge in [-0.25, -0.2) is 0 Å². The van der Waals surface area contributed by atoms with Crippen molar-refractivity contribution in [3.05, 3.63) is 33.8 Å². The van der Waals surface area contributed by atoms with Crippen LogP contribution in [0.3, 0.4) is 0 Å². The summed E-state index contributed by atoms with van der Waals surface area (Å²) in [5.74, 6) is -0.784. The quantitative estimate of drug-likeness (QED) is 0.889. The molecule has 0 radical (unpaired) electrons. The highest BCUT2D eigenvalue weighted by Crippen LogP contribution is 2.40. The molecule has 1 aromatic rings. The van der Waals surface area contributed by atoms with E-state index in [4.69, 9.17) is 5.73 Å². The number of primary amides is 1. The lowest BCUT2D eigenvalue weighted by atomic mass is 9.91. The van der Waals surface area contributed by atoms with E-state index in [1.165, 1.54) is 0 Å². The number of alkyl halides is 3. The Bertz CT molecular complexity index is 518. The number of hydrogen-bond acceptors (Lipinski definition) is 2. The maximum absolute atomic E-state index is 12.4. The zero-order chi connectivity index (χ0) is 14.3. The molecule has 3 N–H and O–H groups in total. The first-order chi connectivity index (χ1) is 8.76. The molecule has 0 aromatic heterocycles. The first kappa shape index (κ1) is 14.3. The van der Waals surface area contributed by atoms with Crippen molar-refractivity contribution < 1.29 is 18.0 Å². The van der Waals surface area contributed by atoms with Gasteiger partial charge in [0, 0.05) is 4.47 Å². The average Bonchev–Trinajstić information content (AvgIpc) is 2.67. The zero-order valence-corrected chi connectivity index (χ0v) is 11.4. The van der Waals surface area contributed by atoms with Gasteiger partial charge in [-0.1, -0.05) is 28.1 Å². The lowest BCUT2D eigenvalue weighted by Crippen LogP contribution is -2.53. The minimum Gasteiger partial charge on any atom is -0.368 e. The van der Waals surface area contributed by atoms with E-state index in [1.54, 1.807) is 18.2 Å². The largest absolute Gasteiger partial charge is 0.401 e. The van der Waals surface area contributed by atoms with E-state index in [9.17, 15) is 18.0 Å². The maximum atomic E-state index is 12.4. The smallest absolute Gasteiger partial charge is 0.368 e. The van der Waals surface area contributed by atoms with Crippen molar-refractivity contribution >= 4 is 21.8 Å². The van der Waals surface area contributed by atoms with Crippen molar-refractivity contribution in [1.29, 1.82) is 0 Å². The van der Waals surface area contributed by atoms with Crippen molar-refractivity contribution in [3.63, 3.8) is 0 Å². The number of carbonyl (C=O) groups excluding carboxylic acids is 1. The van der Waals surface area contributed by atoms with Crippen LogP contribution in [0.5, 0.6) is 0 Å². The van der Waals surface area contributed by atoms with E-state index in [2.05, 4.69) is 21.2 Å². The van der Waals surface area contributed by atoms with E-state index in [0.29, 0.717) is 12.0 Å². The summed E-state index contributed by atoms with van der Waals surface area (Å²) in [5.41, 5.74) is 5.26. The Morgan fingerprint density at radius 1 is 1.47 bits per heavy atom. The third kappa shape index (κ3) is 2.62. The van der Waals surface area contributed by atoms with Gasteiger partial charge < -0.3 is 5.73 Å². The third-order valence-electron chi connectivity index (χ3n) is 3.34. The Hall–Kier alpha value is -1.08. The third-order valence-corrected chi connectivity index (χ3v) is 4.08. The second kappa shape index (κ2) is 4.79. The molecule has 1 unspecified atom stereocenters. The zero-order valence-electron chi connectivity index (χ0n) is 9.85. The van der Waals surface area contributed by atoms with E-state index in [0.717, 1.165) is 10.0 Å². The highest BCUT2D eigenvalue weighted by molar-refractivity contribution is 9.10. The average molecular weight is 337 g/mol. The lowest BCUT2D eigenvalue weighted by molar-refractivity contribution is -0.136. The monoisotopic (exact) mass is 336 g/mol. The Kier molecular flexibility index (Phi) is 3.61. The molecule has 1 aromatic carbocycles. The van der Waals surface area contributed by atoms with Crippen molar-refractivity contribution in [3.8, 4) is 0 Å². The second-order valence-corrected chi connectivity index (χ2v) is 5.36. The molecule has 0 saturated heterocycles. The van der Waals surface area contributed by atoms with Gasteiger partial charge in [0.15, 0.2) is 0 Å². The van der Waals surface area contributed by atoms with E-state index in [-0.39, 0.29) is 6.42 Å². The fraction of sp³-hybridized carbons (Fsp3) is 0.417. The summed E-state index contributed by atoms with van der Waals surface area (Å²) in [6.45, 7) is -1.25. The first-order valence-corrected chi connectivity index (χ1v) is 6.45. The minimum atomic E-state index is -4.39. The number of fused-ring (bicyclic) bond motifs is 1. The van der Waals surface area contributed by atoms with Crippen LogP contribution in [0.4, 0.5) is 13.2 Å². The van der Waals surface area contributed by atoms with Crippen LogP contribution in [0.15, 0.2) is 22.7 Å². The van der Waals surface area contributed by atoms with Crippen molar-refractivity contribution in [2.45, 2.75) is 24.6 Å². The summed E-state index contributed by atoms with van der Waals surface area (Å²) < 4.78 is 37.9. The highest BCUT2D eigenvalue weighted by Gasteiger charge is 2.46. The van der Waals surface area contributed by atoms with Crippen LogP contribution in [0.2, 0.25) is 0 Å². The molecule has 0 bridgehead atoms. The Morgan fingerprint density at radius 2 is 2.16 bits per heavy atom. The molecule has 1 amide bonds. The number of hydrogen-bond donors (Lipinski definition) is 2. The Morgan fingerprint density at radius 3 is 2.74 bits per heavy atom. The predicted octanol–water partition coefficient (Wildman–Crippen LogP) is 2.23. The van der Waals surface area contributed by atoms with Gasteiger partial charge in [-0.3, -0.25) is 10.1 Å². The van der Waals surface area contributed by atoms with Gasteiger partial charge in [0.2, 0.25) is 5.91 Å². The van der Waals surface area contributed by atoms with Crippen LogP contribution in [0, 0.1) is 0 Å². The lowest BCUT2D eigenvalue weighted by Gasteiger charge is -2.29. The predicted molar refractivity (Wildman–Crippen MR) is 67.4 cm³/mol. The molecule has 104 valence electrons. The van der Waals surface area contributed by atoms with E-state index in [1.807, 2.05) is 0 Å². The molecule has 3 nitrogen and oxygen atoms in total. The van der Waals surface area contributed by atoms with Gasteiger partial charge in [-0.05, 0) is 30.0 Å². The molecule has 1 atom stereocenters. The van der Waals surface area contributed by atoms with Crippen molar-refractivity contribution in [2.24, 2.45) is 5.73 Å². The number of nitrogens with two attached hydrogens (primary N) is 1. The van der Waals surface area contributed by atoms with Gasteiger partial charge in [0.05, 0.1) is 6.54 Å². The molecule has 0 heterocycles. The van der Waals surface area contributed by atoms with Crippen molar-refractivity contribution in [2.75, 3.05) is 6.54 Å². The van der Waals surface area contributed by atoms with Crippen LogP contribution in [0.1, 0.15) is 17.5 Å². The highest BCUT2D eigenvalue weighted by atomic mass is 79.9. The molecule has 1 aliphatic carbocycles. The fourth-order valence-corrected chi connectivity index (χ4v) is 3.00. The van der Waals surface area contributed by atoms with Crippen LogP contribution in [-0.4, -0.2) is 18.6 Å². The van der Waals surface area contributed by atoms with E-state index < -0.39 is 24.2 Å². The summed E-state index contributed by atoms with van der Waals surface area (Å²) in [5, 5.41) is 2.30. The molecular formula is C12H12BrF3N2O. The standard InChI is InChI=1S/C12H12BrF3N2O/c13-9-3-1-2-8-7(9)4-5-11(8,10(17)19)18-6-12(14,15)16/h1-3,18H,4-6H2,(H2,17,19). The second-order valence-electron chi connectivity index (χ2n) is 4.50. The SMILES string of the molecule is NC(=O)C1(NCC(F)(F)F)CCc2c(Br)cccc21. The molecule has 0 saturated carbocycles. The summed E-state index contributed by atoms with van der Waals surface area (Å²) in [7, 11) is 0. The van der Waals surface area contributed by atoms with Gasteiger partial charge in [0.25, 0.3) is 0 Å². The molecule has 1 aliphatic rings. The minimum absolute atomic E-state index is 0.232. The van der Waals surface area contributed by atoms with Gasteiger partial charge in [0.1, 0.15) is 5.54 Å². The first-order valence-electron chi connectivity index (χ1n) is 5.66. The normalized spacial score (nSPS) is 22.3. The Labute approximate surface area is 116 Å². The Balaban J connectivity index is 2.40. The topological polar surface area (TPSA) is 55.1 Å². The summed E-state index contributed by atoms with van der Waals surface area (Å²) in [4.78, 5) is 11.7. The van der Waals surface area contributed by atoms with Crippen LogP contribution < -0.4 is 11.1 Å². The summed E-state index contributed by atoms with van der Waals surface area (Å²) in [6, 6.07) is 5.11. The number of rotatable bonds is 3. The number of nitrogens with one attached hydrogen (secondary N) is 1. The molecule has 0 fully saturated rings. The molecule has 19 heavy (non-hydrogen) atoms. The number of benzene rings is 1. The van der Waals surface area contributed by atoms with Gasteiger partial charge >= 0.3 is 6.18 Å². The number of carbonyl (C=O) groups is 1. The molecular weight excluding hydrogens is 325 g/mol. The fourth-order valence-electron chi connectivity index (χ4n) is 2.44. The van der Waals surface area contributed by atoms with Crippen LogP contribution in [-0.2, 0) is 16.8 Å². The van der Waals surface area contributed by atoms with Crippen LogP contribution in [0.25, 0.3) is 0 Å². The molecule has 0 aliphatic heterocycles. The maximum Gasteiger partial charge on any atom is 0.401 e. The molecule has 7 heteroatoms. The number of halogens is 4.